The first-order chi connectivity index (χ1) is 16.1. The van der Waals surface area contributed by atoms with Gasteiger partial charge in [-0.3, -0.25) is 9.59 Å². The average molecular weight is 456 g/mol. The molecule has 1 fully saturated rings. The zero-order valence-corrected chi connectivity index (χ0v) is 18.5. The quantitative estimate of drug-likeness (QED) is 0.576. The molecule has 1 saturated heterocycles. The molecule has 1 aliphatic heterocycles. The van der Waals surface area contributed by atoms with Crippen molar-refractivity contribution < 1.29 is 23.5 Å². The predicted octanol–water partition coefficient (Wildman–Crippen LogP) is 2.30. The van der Waals surface area contributed by atoms with Gasteiger partial charge in [0, 0.05) is 19.5 Å². The van der Waals surface area contributed by atoms with E-state index in [1.165, 1.54) is 0 Å². The van der Waals surface area contributed by atoms with Gasteiger partial charge >= 0.3 is 6.03 Å². The Balaban J connectivity index is 1.69. The Labute approximate surface area is 193 Å². The van der Waals surface area contributed by atoms with Crippen LogP contribution >= 0.6 is 0 Å². The molecule has 176 valence electrons. The molecule has 1 aliphatic rings. The monoisotopic (exact) mass is 455 g/mol. The van der Waals surface area contributed by atoms with Crippen LogP contribution in [0.25, 0.3) is 0 Å². The molecule has 0 spiro atoms. The lowest BCUT2D eigenvalue weighted by atomic mass is 10.0. The summed E-state index contributed by atoms with van der Waals surface area (Å²) in [6.07, 6.45) is 1.03. The number of hydrogen-bond acceptors (Lipinski definition) is 4. The Bertz CT molecular complexity index is 904. The van der Waals surface area contributed by atoms with Crippen molar-refractivity contribution in [3.05, 3.63) is 71.8 Å². The lowest BCUT2D eigenvalue weighted by Crippen LogP contribution is -2.56. The first-order valence-electron chi connectivity index (χ1n) is 11.2. The van der Waals surface area contributed by atoms with Crippen molar-refractivity contribution in [2.75, 3.05) is 33.0 Å². The van der Waals surface area contributed by atoms with Crippen LogP contribution in [0, 0.1) is 0 Å². The van der Waals surface area contributed by atoms with Gasteiger partial charge in [0.05, 0.1) is 19.3 Å². The zero-order chi connectivity index (χ0) is 23.5. The summed E-state index contributed by atoms with van der Waals surface area (Å²) in [7, 11) is 0. The number of ether oxygens (including phenoxy) is 1. The summed E-state index contributed by atoms with van der Waals surface area (Å²) in [6, 6.07) is 16.5. The van der Waals surface area contributed by atoms with Gasteiger partial charge in [-0.25, -0.2) is 9.18 Å². The maximum absolute atomic E-state index is 13.2. The summed E-state index contributed by atoms with van der Waals surface area (Å²) in [5, 5.41) is 5.47. The molecule has 0 aromatic heterocycles. The van der Waals surface area contributed by atoms with Crippen LogP contribution in [-0.4, -0.2) is 67.7 Å². The molecule has 8 heteroatoms. The van der Waals surface area contributed by atoms with Gasteiger partial charge in [0.1, 0.15) is 12.7 Å². The van der Waals surface area contributed by atoms with E-state index in [1.54, 1.807) is 4.90 Å². The molecule has 0 aliphatic carbocycles. The van der Waals surface area contributed by atoms with E-state index in [-0.39, 0.29) is 18.9 Å². The smallest absolute Gasteiger partial charge is 0.318 e. The highest BCUT2D eigenvalue weighted by molar-refractivity contribution is 5.93. The van der Waals surface area contributed by atoms with E-state index in [0.717, 1.165) is 11.1 Å². The second-order valence-corrected chi connectivity index (χ2v) is 7.98. The second kappa shape index (κ2) is 12.7. The SMILES string of the molecule is O=C(CF)[C@H](CCc1ccccc1)NC(=O)[C@H](Cc1ccccc1)NC(=O)N1CCOCC1. The number of alkyl halides is 1. The van der Waals surface area contributed by atoms with E-state index in [9.17, 15) is 18.8 Å². The number of halogens is 1. The van der Waals surface area contributed by atoms with Crippen molar-refractivity contribution in [3.63, 3.8) is 0 Å². The number of morpholine rings is 1. The third-order valence-corrected chi connectivity index (χ3v) is 5.60. The van der Waals surface area contributed by atoms with Gasteiger partial charge in [0.15, 0.2) is 5.78 Å². The van der Waals surface area contributed by atoms with Crippen LogP contribution in [0.3, 0.4) is 0 Å². The number of amides is 3. The first-order valence-corrected chi connectivity index (χ1v) is 11.2. The van der Waals surface area contributed by atoms with Crippen molar-refractivity contribution in [1.82, 2.24) is 15.5 Å². The maximum atomic E-state index is 13.2. The van der Waals surface area contributed by atoms with Crippen molar-refractivity contribution in [2.45, 2.75) is 31.3 Å². The lowest BCUT2D eigenvalue weighted by Gasteiger charge is -2.29. The van der Waals surface area contributed by atoms with Crippen LogP contribution in [0.2, 0.25) is 0 Å². The summed E-state index contributed by atoms with van der Waals surface area (Å²) in [5.41, 5.74) is 1.85. The van der Waals surface area contributed by atoms with Crippen molar-refractivity contribution in [2.24, 2.45) is 0 Å². The average Bonchev–Trinajstić information content (AvgIpc) is 2.87. The van der Waals surface area contributed by atoms with Gasteiger partial charge < -0.3 is 20.3 Å². The molecule has 0 saturated carbocycles. The predicted molar refractivity (Wildman–Crippen MR) is 123 cm³/mol. The van der Waals surface area contributed by atoms with E-state index >= 15 is 0 Å². The normalized spacial score (nSPS) is 15.4. The van der Waals surface area contributed by atoms with E-state index < -0.39 is 30.4 Å². The number of hydrogen-bond donors (Lipinski definition) is 2. The zero-order valence-electron chi connectivity index (χ0n) is 18.5. The van der Waals surface area contributed by atoms with E-state index in [0.29, 0.717) is 32.7 Å². The summed E-state index contributed by atoms with van der Waals surface area (Å²) < 4.78 is 18.5. The molecule has 0 unspecified atom stereocenters. The molecule has 2 atom stereocenters. The lowest BCUT2D eigenvalue weighted by molar-refractivity contribution is -0.129. The molecule has 2 aromatic carbocycles. The van der Waals surface area contributed by atoms with E-state index in [2.05, 4.69) is 10.6 Å². The Morgan fingerprint density at radius 1 is 0.879 bits per heavy atom. The fourth-order valence-electron chi connectivity index (χ4n) is 3.70. The van der Waals surface area contributed by atoms with Gasteiger partial charge in [0.2, 0.25) is 5.91 Å². The number of rotatable bonds is 10. The van der Waals surface area contributed by atoms with Crippen molar-refractivity contribution >= 4 is 17.7 Å². The minimum absolute atomic E-state index is 0.248. The van der Waals surface area contributed by atoms with Crippen LogP contribution in [-0.2, 0) is 27.2 Å². The fraction of sp³-hybridized carbons (Fsp3) is 0.400. The Morgan fingerprint density at radius 2 is 1.48 bits per heavy atom. The molecule has 2 aromatic rings. The van der Waals surface area contributed by atoms with Gasteiger partial charge in [-0.05, 0) is 24.0 Å². The molecule has 0 radical (unpaired) electrons. The van der Waals surface area contributed by atoms with E-state index in [4.69, 9.17) is 4.74 Å². The number of nitrogens with zero attached hydrogens (tertiary/aromatic N) is 1. The van der Waals surface area contributed by atoms with Gasteiger partial charge in [-0.2, -0.15) is 0 Å². The van der Waals surface area contributed by atoms with Crippen LogP contribution in [0.4, 0.5) is 9.18 Å². The third kappa shape index (κ3) is 7.68. The van der Waals surface area contributed by atoms with E-state index in [1.807, 2.05) is 60.7 Å². The molecular formula is C25H30FN3O4. The molecule has 3 rings (SSSR count). The molecular weight excluding hydrogens is 425 g/mol. The molecule has 1 heterocycles. The Kier molecular flexibility index (Phi) is 9.38. The van der Waals surface area contributed by atoms with Gasteiger partial charge in [-0.15, -0.1) is 0 Å². The molecule has 2 N–H and O–H groups in total. The largest absolute Gasteiger partial charge is 0.378 e. The number of ketones is 1. The number of aryl methyl sites for hydroxylation is 1. The van der Waals surface area contributed by atoms with Crippen molar-refractivity contribution in [3.8, 4) is 0 Å². The highest BCUT2D eigenvalue weighted by Gasteiger charge is 2.28. The van der Waals surface area contributed by atoms with Crippen molar-refractivity contribution in [1.29, 1.82) is 0 Å². The minimum atomic E-state index is -1.16. The second-order valence-electron chi connectivity index (χ2n) is 7.98. The highest BCUT2D eigenvalue weighted by atomic mass is 19.1. The standard InChI is InChI=1S/C25H30FN3O4/c26-18-23(30)21(12-11-19-7-3-1-4-8-19)27-24(31)22(17-20-9-5-2-6-10-20)28-25(32)29-13-15-33-16-14-29/h1-10,21-22H,11-18H2,(H,27,31)(H,28,32)/t21-,22-/m0/s1. The number of nitrogens with one attached hydrogen (secondary N) is 2. The van der Waals surface area contributed by atoms with Crippen LogP contribution in [0.5, 0.6) is 0 Å². The first kappa shape index (κ1) is 24.4. The number of benzene rings is 2. The summed E-state index contributed by atoms with van der Waals surface area (Å²) in [5.74, 6) is -1.20. The number of Topliss-reactive ketones (excluding diaryl/α,β-unsaturated/α-hetero) is 1. The number of urea groups is 1. The molecule has 33 heavy (non-hydrogen) atoms. The van der Waals surface area contributed by atoms with Crippen LogP contribution < -0.4 is 10.6 Å². The summed E-state index contributed by atoms with van der Waals surface area (Å²) >= 11 is 0. The van der Waals surface area contributed by atoms with Crippen LogP contribution in [0.15, 0.2) is 60.7 Å². The number of carbonyl (C=O) groups is 3. The number of carbonyl (C=O) groups excluding carboxylic acids is 3. The topological polar surface area (TPSA) is 87.7 Å². The van der Waals surface area contributed by atoms with Crippen LogP contribution in [0.1, 0.15) is 17.5 Å². The maximum Gasteiger partial charge on any atom is 0.318 e. The summed E-state index contributed by atoms with van der Waals surface area (Å²) in [4.78, 5) is 39.7. The third-order valence-electron chi connectivity index (χ3n) is 5.60. The van der Waals surface area contributed by atoms with Gasteiger partial charge in [0.25, 0.3) is 0 Å². The molecule has 3 amide bonds. The summed E-state index contributed by atoms with van der Waals surface area (Å²) in [6.45, 7) is 0.589. The Morgan fingerprint density at radius 3 is 2.09 bits per heavy atom. The molecule has 7 nitrogen and oxygen atoms in total. The fourth-order valence-corrected chi connectivity index (χ4v) is 3.70. The van der Waals surface area contributed by atoms with Gasteiger partial charge in [-0.1, -0.05) is 60.7 Å². The Hall–Kier alpha value is -3.26. The molecule has 0 bridgehead atoms. The highest BCUT2D eigenvalue weighted by Crippen LogP contribution is 2.09. The minimum Gasteiger partial charge on any atom is -0.378 e.